The van der Waals surface area contributed by atoms with E-state index < -0.39 is 17.8 Å². The summed E-state index contributed by atoms with van der Waals surface area (Å²) in [4.78, 5) is 40.7. The number of barbiturate groups is 1. The summed E-state index contributed by atoms with van der Waals surface area (Å²) in [7, 11) is 0. The van der Waals surface area contributed by atoms with Crippen molar-refractivity contribution in [2.75, 3.05) is 4.90 Å². The molecule has 3 aromatic rings. The standard InChI is InChI=1S/C24H17BrN2O3S/c1-15-5-9-19(10-6-15)31-20-11-7-16(8-12-20)13-21-22(28)26-24(30)27(23(21)29)18-4-2-3-17(25)14-18/h2-14H,1H3,(H,26,28,30)/b21-13+. The van der Waals surface area contributed by atoms with Crippen LogP contribution in [0, 0.1) is 6.92 Å². The van der Waals surface area contributed by atoms with Crippen LogP contribution < -0.4 is 10.2 Å². The van der Waals surface area contributed by atoms with Gasteiger partial charge in [-0.05, 0) is 61.0 Å². The molecule has 0 saturated carbocycles. The molecule has 5 nitrogen and oxygen atoms in total. The second-order valence-electron chi connectivity index (χ2n) is 6.92. The van der Waals surface area contributed by atoms with Crippen LogP contribution in [0.2, 0.25) is 0 Å². The molecule has 0 bridgehead atoms. The van der Waals surface area contributed by atoms with Crippen molar-refractivity contribution in [3.63, 3.8) is 0 Å². The predicted molar refractivity (Wildman–Crippen MR) is 125 cm³/mol. The minimum Gasteiger partial charge on any atom is -0.273 e. The van der Waals surface area contributed by atoms with Gasteiger partial charge in [-0.1, -0.05) is 63.6 Å². The first-order valence-electron chi connectivity index (χ1n) is 9.42. The zero-order valence-electron chi connectivity index (χ0n) is 16.5. The molecule has 31 heavy (non-hydrogen) atoms. The Kier molecular flexibility index (Phi) is 6.06. The Morgan fingerprint density at radius 1 is 0.903 bits per heavy atom. The number of rotatable bonds is 4. The van der Waals surface area contributed by atoms with Crippen LogP contribution in [0.4, 0.5) is 10.5 Å². The number of aryl methyl sites for hydroxylation is 1. The number of nitrogens with zero attached hydrogens (tertiary/aromatic N) is 1. The predicted octanol–water partition coefficient (Wildman–Crippen LogP) is 5.58. The van der Waals surface area contributed by atoms with Gasteiger partial charge in [-0.25, -0.2) is 9.69 Å². The lowest BCUT2D eigenvalue weighted by atomic mass is 10.1. The average molecular weight is 493 g/mol. The summed E-state index contributed by atoms with van der Waals surface area (Å²) in [5, 5.41) is 2.24. The first-order valence-corrected chi connectivity index (χ1v) is 11.0. The zero-order chi connectivity index (χ0) is 22.0. The van der Waals surface area contributed by atoms with Crippen LogP contribution in [-0.2, 0) is 9.59 Å². The van der Waals surface area contributed by atoms with Crippen LogP contribution in [0.5, 0.6) is 0 Å². The number of halogens is 1. The first kappa shape index (κ1) is 21.1. The molecule has 1 saturated heterocycles. The lowest BCUT2D eigenvalue weighted by molar-refractivity contribution is -0.122. The molecule has 0 unspecified atom stereocenters. The van der Waals surface area contributed by atoms with E-state index in [1.165, 1.54) is 11.6 Å². The van der Waals surface area contributed by atoms with Crippen LogP contribution in [0.15, 0.2) is 92.6 Å². The zero-order valence-corrected chi connectivity index (χ0v) is 18.9. The number of urea groups is 1. The fraction of sp³-hybridized carbons (Fsp3) is 0.0417. The van der Waals surface area contributed by atoms with Gasteiger partial charge in [0.05, 0.1) is 5.69 Å². The van der Waals surface area contributed by atoms with Gasteiger partial charge in [0.1, 0.15) is 5.57 Å². The number of hydrogen-bond donors (Lipinski definition) is 1. The van der Waals surface area contributed by atoms with Gasteiger partial charge in [0.25, 0.3) is 11.8 Å². The molecular weight excluding hydrogens is 476 g/mol. The molecule has 1 fully saturated rings. The number of carbonyl (C=O) groups excluding carboxylic acids is 3. The van der Waals surface area contributed by atoms with E-state index in [1.54, 1.807) is 36.0 Å². The van der Waals surface area contributed by atoms with E-state index in [0.29, 0.717) is 11.3 Å². The highest BCUT2D eigenvalue weighted by molar-refractivity contribution is 9.10. The highest BCUT2D eigenvalue weighted by atomic mass is 79.9. The Morgan fingerprint density at radius 3 is 2.19 bits per heavy atom. The second kappa shape index (κ2) is 8.91. The monoisotopic (exact) mass is 492 g/mol. The Morgan fingerprint density at radius 2 is 1.55 bits per heavy atom. The van der Waals surface area contributed by atoms with Crippen molar-refractivity contribution < 1.29 is 14.4 Å². The summed E-state index contributed by atoms with van der Waals surface area (Å²) < 4.78 is 0.717. The molecule has 1 heterocycles. The number of nitrogens with one attached hydrogen (secondary N) is 1. The number of amides is 4. The van der Waals surface area contributed by atoms with Gasteiger partial charge in [0, 0.05) is 14.3 Å². The van der Waals surface area contributed by atoms with Gasteiger partial charge in [0.15, 0.2) is 0 Å². The van der Waals surface area contributed by atoms with Crippen molar-refractivity contribution >= 4 is 57.3 Å². The summed E-state index contributed by atoms with van der Waals surface area (Å²) in [5.41, 5.74) is 2.17. The van der Waals surface area contributed by atoms with Gasteiger partial charge in [-0.2, -0.15) is 0 Å². The van der Waals surface area contributed by atoms with E-state index in [9.17, 15) is 14.4 Å². The number of imide groups is 2. The van der Waals surface area contributed by atoms with Gasteiger partial charge in [0.2, 0.25) is 0 Å². The fourth-order valence-electron chi connectivity index (χ4n) is 3.05. The third-order valence-electron chi connectivity index (χ3n) is 4.62. The van der Waals surface area contributed by atoms with Crippen molar-refractivity contribution in [2.45, 2.75) is 16.7 Å². The maximum atomic E-state index is 13.0. The topological polar surface area (TPSA) is 66.5 Å². The Labute approximate surface area is 192 Å². The Bertz CT molecular complexity index is 1200. The minimum atomic E-state index is -0.768. The molecule has 0 aromatic heterocycles. The van der Waals surface area contributed by atoms with Crippen LogP contribution in [-0.4, -0.2) is 17.8 Å². The van der Waals surface area contributed by atoms with Crippen molar-refractivity contribution in [2.24, 2.45) is 0 Å². The minimum absolute atomic E-state index is 0.0986. The molecule has 0 atom stereocenters. The quantitative estimate of drug-likeness (QED) is 0.381. The molecule has 0 radical (unpaired) electrons. The average Bonchev–Trinajstić information content (AvgIpc) is 2.74. The van der Waals surface area contributed by atoms with Crippen LogP contribution in [0.1, 0.15) is 11.1 Å². The Hall–Kier alpha value is -3.16. The SMILES string of the molecule is Cc1ccc(Sc2ccc(/C=C3\C(=O)NC(=O)N(c4cccc(Br)c4)C3=O)cc2)cc1. The van der Waals surface area contributed by atoms with E-state index in [2.05, 4.69) is 45.5 Å². The van der Waals surface area contributed by atoms with Gasteiger partial charge in [-0.3, -0.25) is 14.9 Å². The largest absolute Gasteiger partial charge is 0.335 e. The number of anilines is 1. The summed E-state index contributed by atoms with van der Waals surface area (Å²) >= 11 is 4.96. The van der Waals surface area contributed by atoms with Crippen molar-refractivity contribution in [3.05, 3.63) is 94.0 Å². The van der Waals surface area contributed by atoms with Gasteiger partial charge < -0.3 is 0 Å². The third-order valence-corrected chi connectivity index (χ3v) is 6.12. The lowest BCUT2D eigenvalue weighted by Crippen LogP contribution is -2.54. The lowest BCUT2D eigenvalue weighted by Gasteiger charge is -2.26. The van der Waals surface area contributed by atoms with E-state index in [0.717, 1.165) is 19.2 Å². The highest BCUT2D eigenvalue weighted by Gasteiger charge is 2.36. The molecule has 4 rings (SSSR count). The molecule has 1 aliphatic heterocycles. The van der Waals surface area contributed by atoms with Crippen molar-refractivity contribution in [1.82, 2.24) is 5.32 Å². The molecule has 154 valence electrons. The van der Waals surface area contributed by atoms with E-state index in [4.69, 9.17) is 0 Å². The normalized spacial score (nSPS) is 15.4. The summed E-state index contributed by atoms with van der Waals surface area (Å²) in [6.07, 6.45) is 1.50. The molecule has 3 aromatic carbocycles. The molecule has 0 spiro atoms. The molecule has 1 N–H and O–H groups in total. The Balaban J connectivity index is 1.57. The maximum absolute atomic E-state index is 13.0. The fourth-order valence-corrected chi connectivity index (χ4v) is 4.25. The highest BCUT2D eigenvalue weighted by Crippen LogP contribution is 2.29. The first-order chi connectivity index (χ1) is 14.9. The molecule has 7 heteroatoms. The van der Waals surface area contributed by atoms with Crippen molar-refractivity contribution in [1.29, 1.82) is 0 Å². The number of carbonyl (C=O) groups is 3. The summed E-state index contributed by atoms with van der Waals surface area (Å²) in [5.74, 6) is -1.37. The van der Waals surface area contributed by atoms with Crippen LogP contribution >= 0.6 is 27.7 Å². The number of benzene rings is 3. The smallest absolute Gasteiger partial charge is 0.273 e. The van der Waals surface area contributed by atoms with E-state index in [-0.39, 0.29) is 5.57 Å². The second-order valence-corrected chi connectivity index (χ2v) is 8.98. The summed E-state index contributed by atoms with van der Waals surface area (Å²) in [6, 6.07) is 21.8. The van der Waals surface area contributed by atoms with Gasteiger partial charge >= 0.3 is 6.03 Å². The molecule has 1 aliphatic rings. The van der Waals surface area contributed by atoms with Crippen LogP contribution in [0.25, 0.3) is 6.08 Å². The molecule has 0 aliphatic carbocycles. The van der Waals surface area contributed by atoms with Crippen LogP contribution in [0.3, 0.4) is 0 Å². The van der Waals surface area contributed by atoms with Gasteiger partial charge in [-0.15, -0.1) is 0 Å². The summed E-state index contributed by atoms with van der Waals surface area (Å²) in [6.45, 7) is 2.05. The maximum Gasteiger partial charge on any atom is 0.335 e. The molecule has 4 amide bonds. The van der Waals surface area contributed by atoms with Crippen molar-refractivity contribution in [3.8, 4) is 0 Å². The number of hydrogen-bond acceptors (Lipinski definition) is 4. The molecular formula is C24H17BrN2O3S. The van der Waals surface area contributed by atoms with E-state index >= 15 is 0 Å². The van der Waals surface area contributed by atoms with E-state index in [1.807, 2.05) is 31.2 Å². The third kappa shape index (κ3) is 4.78.